The summed E-state index contributed by atoms with van der Waals surface area (Å²) in [5.74, 6) is 0.00538. The molecule has 1 amide bonds. The number of aliphatic imine (C=N–C) groups is 1. The molecule has 3 nitrogen and oxygen atoms in total. The van der Waals surface area contributed by atoms with Gasteiger partial charge in [0.05, 0.1) is 10.9 Å². The Hall–Kier alpha value is -1.78. The van der Waals surface area contributed by atoms with Gasteiger partial charge >= 0.3 is 0 Å². The van der Waals surface area contributed by atoms with Crippen LogP contribution in [0.2, 0.25) is 5.02 Å². The summed E-state index contributed by atoms with van der Waals surface area (Å²) in [5.41, 5.74) is 3.13. The third-order valence-electron chi connectivity index (χ3n) is 3.38. The van der Waals surface area contributed by atoms with Crippen LogP contribution in [0.5, 0.6) is 0 Å². The van der Waals surface area contributed by atoms with E-state index in [1.165, 1.54) is 17.3 Å². The number of nitrogens with zero attached hydrogens (tertiary/aromatic N) is 1. The van der Waals surface area contributed by atoms with Crippen LogP contribution in [0.3, 0.4) is 0 Å². The van der Waals surface area contributed by atoms with Gasteiger partial charge in [-0.1, -0.05) is 53.2 Å². The minimum absolute atomic E-state index is 0.00538. The monoisotopic (exact) mass is 330 g/mol. The predicted octanol–water partition coefficient (Wildman–Crippen LogP) is 4.11. The molecule has 1 aliphatic heterocycles. The van der Waals surface area contributed by atoms with E-state index in [9.17, 15) is 4.79 Å². The van der Waals surface area contributed by atoms with Crippen molar-refractivity contribution in [1.82, 2.24) is 5.32 Å². The molecule has 0 bridgehead atoms. The smallest absolute Gasteiger partial charge is 0.239 e. The number of nitrogens with one attached hydrogen (secondary N) is 1. The lowest BCUT2D eigenvalue weighted by molar-refractivity contribution is -0.118. The van der Waals surface area contributed by atoms with E-state index >= 15 is 0 Å². The molecule has 1 unspecified atom stereocenters. The highest BCUT2D eigenvalue weighted by Gasteiger charge is 2.30. The molecule has 1 atom stereocenters. The van der Waals surface area contributed by atoms with Gasteiger partial charge in [-0.25, -0.2) is 4.99 Å². The summed E-state index contributed by atoms with van der Waals surface area (Å²) >= 11 is 7.35. The Morgan fingerprint density at radius 1 is 1.14 bits per heavy atom. The van der Waals surface area contributed by atoms with Gasteiger partial charge in [-0.2, -0.15) is 0 Å². The standard InChI is InChI=1S/C17H15ClN2OS/c1-11-2-8-14(9-3-11)19-17-20-16(21)15(22-17)10-12-4-6-13(18)7-5-12/h2-9,15H,10H2,1H3,(H,19,20,21). The minimum atomic E-state index is -0.148. The Kier molecular flexibility index (Phi) is 4.50. The fourth-order valence-corrected chi connectivity index (χ4v) is 3.32. The molecule has 2 aromatic rings. The number of thioether (sulfide) groups is 1. The molecule has 5 heteroatoms. The van der Waals surface area contributed by atoms with Gasteiger partial charge in [-0.15, -0.1) is 0 Å². The van der Waals surface area contributed by atoms with Crippen molar-refractivity contribution in [2.45, 2.75) is 18.6 Å². The van der Waals surface area contributed by atoms with Crippen molar-refractivity contribution in [2.75, 3.05) is 0 Å². The van der Waals surface area contributed by atoms with Crippen LogP contribution in [0, 0.1) is 6.92 Å². The molecule has 2 aromatic carbocycles. The fraction of sp³-hybridized carbons (Fsp3) is 0.176. The molecule has 1 saturated heterocycles. The Morgan fingerprint density at radius 3 is 2.50 bits per heavy atom. The highest BCUT2D eigenvalue weighted by atomic mass is 35.5. The van der Waals surface area contributed by atoms with Crippen LogP contribution < -0.4 is 5.32 Å². The number of aryl methyl sites for hydroxylation is 1. The zero-order valence-electron chi connectivity index (χ0n) is 12.0. The lowest BCUT2D eigenvalue weighted by Gasteiger charge is -2.05. The number of halogens is 1. The summed E-state index contributed by atoms with van der Waals surface area (Å²) in [7, 11) is 0. The first-order chi connectivity index (χ1) is 10.6. The Bertz CT molecular complexity index is 710. The average molecular weight is 331 g/mol. The summed E-state index contributed by atoms with van der Waals surface area (Å²) in [4.78, 5) is 16.5. The highest BCUT2D eigenvalue weighted by Crippen LogP contribution is 2.26. The molecule has 0 radical (unpaired) electrons. The lowest BCUT2D eigenvalue weighted by atomic mass is 10.1. The first kappa shape index (κ1) is 15.1. The number of hydrogen-bond acceptors (Lipinski definition) is 3. The van der Waals surface area contributed by atoms with Crippen LogP contribution in [0.25, 0.3) is 0 Å². The van der Waals surface area contributed by atoms with E-state index in [1.54, 1.807) is 0 Å². The van der Waals surface area contributed by atoms with Gasteiger partial charge in [-0.05, 0) is 43.2 Å². The molecular weight excluding hydrogens is 316 g/mol. The van der Waals surface area contributed by atoms with Crippen molar-refractivity contribution >= 4 is 40.1 Å². The van der Waals surface area contributed by atoms with Crippen LogP contribution >= 0.6 is 23.4 Å². The van der Waals surface area contributed by atoms with E-state index in [4.69, 9.17) is 11.6 Å². The van der Waals surface area contributed by atoms with Gasteiger partial charge in [0, 0.05) is 5.02 Å². The third kappa shape index (κ3) is 3.70. The maximum atomic E-state index is 12.1. The lowest BCUT2D eigenvalue weighted by Crippen LogP contribution is -2.25. The summed E-state index contributed by atoms with van der Waals surface area (Å²) < 4.78 is 0. The van der Waals surface area contributed by atoms with Crippen molar-refractivity contribution in [3.8, 4) is 0 Å². The second-order valence-electron chi connectivity index (χ2n) is 5.18. The Labute approximate surface area is 138 Å². The zero-order chi connectivity index (χ0) is 15.5. The maximum Gasteiger partial charge on any atom is 0.239 e. The molecule has 1 heterocycles. The molecule has 0 spiro atoms. The van der Waals surface area contributed by atoms with Gasteiger partial charge in [0.25, 0.3) is 0 Å². The van der Waals surface area contributed by atoms with E-state index in [-0.39, 0.29) is 11.2 Å². The SMILES string of the molecule is Cc1ccc(N=C2NC(=O)C(Cc3ccc(Cl)cc3)S2)cc1. The van der Waals surface area contributed by atoms with Crippen LogP contribution in [0.4, 0.5) is 5.69 Å². The molecule has 1 fully saturated rings. The first-order valence-corrected chi connectivity index (χ1v) is 8.23. The number of carbonyl (C=O) groups excluding carboxylic acids is 1. The highest BCUT2D eigenvalue weighted by molar-refractivity contribution is 8.15. The molecular formula is C17H15ClN2OS. The van der Waals surface area contributed by atoms with Crippen LogP contribution in [-0.4, -0.2) is 16.3 Å². The second-order valence-corrected chi connectivity index (χ2v) is 6.81. The van der Waals surface area contributed by atoms with Crippen molar-refractivity contribution in [3.63, 3.8) is 0 Å². The fourth-order valence-electron chi connectivity index (χ4n) is 2.16. The van der Waals surface area contributed by atoms with Gasteiger partial charge in [-0.3, -0.25) is 4.79 Å². The second kappa shape index (κ2) is 6.55. The number of benzene rings is 2. The predicted molar refractivity (Wildman–Crippen MR) is 93.0 cm³/mol. The van der Waals surface area contributed by atoms with Crippen LogP contribution in [-0.2, 0) is 11.2 Å². The topological polar surface area (TPSA) is 41.5 Å². The van der Waals surface area contributed by atoms with E-state index < -0.39 is 0 Å². The van der Waals surface area contributed by atoms with Gasteiger partial charge in [0.2, 0.25) is 5.91 Å². The summed E-state index contributed by atoms with van der Waals surface area (Å²) in [6.45, 7) is 2.03. The summed E-state index contributed by atoms with van der Waals surface area (Å²) in [6, 6.07) is 15.5. The van der Waals surface area contributed by atoms with Crippen molar-refractivity contribution in [3.05, 3.63) is 64.7 Å². The largest absolute Gasteiger partial charge is 0.304 e. The molecule has 112 valence electrons. The first-order valence-electron chi connectivity index (χ1n) is 6.97. The summed E-state index contributed by atoms with van der Waals surface area (Å²) in [5, 5.41) is 4.06. The molecule has 0 aromatic heterocycles. The molecule has 22 heavy (non-hydrogen) atoms. The zero-order valence-corrected chi connectivity index (χ0v) is 13.6. The van der Waals surface area contributed by atoms with E-state index in [2.05, 4.69) is 10.3 Å². The number of amidine groups is 1. The molecule has 1 aliphatic rings. The Balaban J connectivity index is 1.70. The normalized spacial score (nSPS) is 19.5. The van der Waals surface area contributed by atoms with Gasteiger partial charge in [0.15, 0.2) is 5.17 Å². The minimum Gasteiger partial charge on any atom is -0.304 e. The van der Waals surface area contributed by atoms with Crippen LogP contribution in [0.1, 0.15) is 11.1 Å². The van der Waals surface area contributed by atoms with Crippen molar-refractivity contribution in [1.29, 1.82) is 0 Å². The van der Waals surface area contributed by atoms with Gasteiger partial charge < -0.3 is 5.32 Å². The third-order valence-corrected chi connectivity index (χ3v) is 4.71. The number of carbonyl (C=O) groups is 1. The molecule has 3 rings (SSSR count). The van der Waals surface area contributed by atoms with Crippen molar-refractivity contribution in [2.24, 2.45) is 4.99 Å². The number of hydrogen-bond donors (Lipinski definition) is 1. The quantitative estimate of drug-likeness (QED) is 0.920. The van der Waals surface area contributed by atoms with Crippen molar-refractivity contribution < 1.29 is 4.79 Å². The molecule has 0 aliphatic carbocycles. The van der Waals surface area contributed by atoms with E-state index in [0.29, 0.717) is 16.6 Å². The maximum absolute atomic E-state index is 12.1. The molecule has 1 N–H and O–H groups in total. The van der Waals surface area contributed by atoms with E-state index in [1.807, 2.05) is 55.5 Å². The summed E-state index contributed by atoms with van der Waals surface area (Å²) in [6.07, 6.45) is 0.667. The number of rotatable bonds is 3. The molecule has 0 saturated carbocycles. The number of amides is 1. The van der Waals surface area contributed by atoms with E-state index in [0.717, 1.165) is 11.3 Å². The Morgan fingerprint density at radius 2 is 1.82 bits per heavy atom. The van der Waals surface area contributed by atoms with Crippen LogP contribution in [0.15, 0.2) is 53.5 Å². The van der Waals surface area contributed by atoms with Gasteiger partial charge in [0.1, 0.15) is 0 Å². The average Bonchev–Trinajstić information content (AvgIpc) is 2.84.